The van der Waals surface area contributed by atoms with E-state index in [2.05, 4.69) is 10.4 Å². The van der Waals surface area contributed by atoms with Crippen LogP contribution in [0.4, 0.5) is 17.1 Å². The number of aromatic nitrogens is 2. The van der Waals surface area contributed by atoms with Crippen LogP contribution < -0.4 is 11.1 Å². The van der Waals surface area contributed by atoms with Crippen LogP contribution >= 0.6 is 0 Å². The summed E-state index contributed by atoms with van der Waals surface area (Å²) in [6, 6.07) is 3.43. The van der Waals surface area contributed by atoms with Crippen molar-refractivity contribution < 1.29 is 19.2 Å². The molecule has 26 heavy (non-hydrogen) atoms. The number of nitro groups is 1. The zero-order valence-corrected chi connectivity index (χ0v) is 14.8. The van der Waals surface area contributed by atoms with E-state index >= 15 is 0 Å². The lowest BCUT2D eigenvalue weighted by atomic mass is 10.1. The fourth-order valence-electron chi connectivity index (χ4n) is 2.29. The van der Waals surface area contributed by atoms with Crippen molar-refractivity contribution in [1.29, 1.82) is 0 Å². The zero-order chi connectivity index (χ0) is 19.6. The Bertz CT molecular complexity index is 889. The number of nitrogens with zero attached hydrogens (tertiary/aromatic N) is 3. The van der Waals surface area contributed by atoms with E-state index in [1.807, 2.05) is 0 Å². The van der Waals surface area contributed by atoms with Crippen LogP contribution in [0.3, 0.4) is 0 Å². The average molecular weight is 361 g/mol. The largest absolute Gasteiger partial charge is 0.449 e. The summed E-state index contributed by atoms with van der Waals surface area (Å²) in [5, 5.41) is 17.7. The maximum atomic E-state index is 12.3. The molecule has 10 nitrogen and oxygen atoms in total. The number of carbonyl (C=O) groups is 2. The molecule has 138 valence electrons. The fourth-order valence-corrected chi connectivity index (χ4v) is 2.29. The third-order valence-corrected chi connectivity index (χ3v) is 3.88. The van der Waals surface area contributed by atoms with Crippen molar-refractivity contribution in [2.24, 2.45) is 7.05 Å². The summed E-state index contributed by atoms with van der Waals surface area (Å²) in [4.78, 5) is 34.7. The first-order chi connectivity index (χ1) is 12.1. The summed E-state index contributed by atoms with van der Waals surface area (Å²) in [6.45, 7) is 4.92. The van der Waals surface area contributed by atoms with Gasteiger partial charge in [-0.25, -0.2) is 4.79 Å². The quantitative estimate of drug-likeness (QED) is 0.357. The van der Waals surface area contributed by atoms with E-state index in [4.69, 9.17) is 10.5 Å². The number of nitro benzene ring substituents is 1. The summed E-state index contributed by atoms with van der Waals surface area (Å²) in [5.74, 6) is -1.48. The second kappa shape index (κ2) is 7.21. The summed E-state index contributed by atoms with van der Waals surface area (Å²) in [7, 11) is 1.74. The number of nitrogens with one attached hydrogen (secondary N) is 1. The van der Waals surface area contributed by atoms with Crippen LogP contribution in [-0.4, -0.2) is 32.7 Å². The number of hydrogen-bond acceptors (Lipinski definition) is 7. The molecule has 1 amide bonds. The number of hydrogen-bond donors (Lipinski definition) is 2. The maximum absolute atomic E-state index is 12.3. The molecule has 0 saturated heterocycles. The van der Waals surface area contributed by atoms with Crippen molar-refractivity contribution in [3.63, 3.8) is 0 Å². The number of esters is 1. The Morgan fingerprint density at radius 3 is 2.58 bits per heavy atom. The molecule has 1 heterocycles. The van der Waals surface area contributed by atoms with Crippen molar-refractivity contribution in [2.75, 3.05) is 11.1 Å². The highest BCUT2D eigenvalue weighted by Crippen LogP contribution is 2.22. The molecule has 0 spiro atoms. The molecule has 0 fully saturated rings. The van der Waals surface area contributed by atoms with Crippen molar-refractivity contribution in [3.8, 4) is 0 Å². The predicted octanol–water partition coefficient (Wildman–Crippen LogP) is 1.71. The Morgan fingerprint density at radius 1 is 1.38 bits per heavy atom. The van der Waals surface area contributed by atoms with Crippen LogP contribution in [0.1, 0.15) is 28.7 Å². The first kappa shape index (κ1) is 18.9. The topological polar surface area (TPSA) is 142 Å². The van der Waals surface area contributed by atoms with E-state index in [0.29, 0.717) is 11.4 Å². The Labute approximate surface area is 149 Å². The highest BCUT2D eigenvalue weighted by atomic mass is 16.6. The predicted molar refractivity (Wildman–Crippen MR) is 93.7 cm³/mol. The molecule has 1 aromatic carbocycles. The van der Waals surface area contributed by atoms with Crippen LogP contribution in [0, 0.1) is 24.0 Å². The number of carbonyl (C=O) groups excluding carboxylic acids is 2. The standard InChI is InChI=1S/C16H19N5O5/c1-8-14(9(2)20(4)19-8)18-15(22)10(3)26-16(23)12-7-11(21(24)25)5-6-13(12)17/h5-7,10H,17H2,1-4H3,(H,18,22)/t10-/m0/s1. The second-order valence-corrected chi connectivity index (χ2v) is 5.73. The fraction of sp³-hybridized carbons (Fsp3) is 0.312. The van der Waals surface area contributed by atoms with Gasteiger partial charge in [-0.05, 0) is 26.8 Å². The molecule has 0 bridgehead atoms. The van der Waals surface area contributed by atoms with Crippen molar-refractivity contribution >= 4 is 28.9 Å². The van der Waals surface area contributed by atoms with Gasteiger partial charge < -0.3 is 15.8 Å². The monoisotopic (exact) mass is 361 g/mol. The molecule has 0 radical (unpaired) electrons. The summed E-state index contributed by atoms with van der Waals surface area (Å²) >= 11 is 0. The van der Waals surface area contributed by atoms with Gasteiger partial charge in [0.05, 0.1) is 27.6 Å². The zero-order valence-electron chi connectivity index (χ0n) is 14.8. The number of anilines is 2. The Hall–Kier alpha value is -3.43. The number of aryl methyl sites for hydroxylation is 2. The molecule has 0 saturated carbocycles. The van der Waals surface area contributed by atoms with Crippen molar-refractivity contribution in [2.45, 2.75) is 26.9 Å². The van der Waals surface area contributed by atoms with Gasteiger partial charge in [-0.1, -0.05) is 0 Å². The molecule has 2 rings (SSSR count). The molecule has 0 aliphatic carbocycles. The summed E-state index contributed by atoms with van der Waals surface area (Å²) in [6.07, 6.45) is -1.14. The molecule has 0 aliphatic rings. The molecule has 1 aromatic heterocycles. The van der Waals surface area contributed by atoms with Gasteiger partial charge >= 0.3 is 5.97 Å². The first-order valence-electron chi connectivity index (χ1n) is 7.67. The minimum Gasteiger partial charge on any atom is -0.449 e. The van der Waals surface area contributed by atoms with E-state index < -0.39 is 22.9 Å². The Kier molecular flexibility index (Phi) is 5.24. The average Bonchev–Trinajstić information content (AvgIpc) is 2.80. The van der Waals surface area contributed by atoms with Crippen LogP contribution in [0.2, 0.25) is 0 Å². The van der Waals surface area contributed by atoms with Crippen LogP contribution in [0.5, 0.6) is 0 Å². The molecule has 2 aromatic rings. The van der Waals surface area contributed by atoms with E-state index in [0.717, 1.165) is 11.8 Å². The molecular weight excluding hydrogens is 342 g/mol. The van der Waals surface area contributed by atoms with Gasteiger partial charge in [0.15, 0.2) is 6.10 Å². The van der Waals surface area contributed by atoms with Crippen LogP contribution in [0.15, 0.2) is 18.2 Å². The minimum absolute atomic E-state index is 0.0205. The molecule has 0 unspecified atom stereocenters. The first-order valence-corrected chi connectivity index (χ1v) is 7.67. The van der Waals surface area contributed by atoms with Crippen molar-refractivity contribution in [1.82, 2.24) is 9.78 Å². The smallest absolute Gasteiger partial charge is 0.341 e. The number of ether oxygens (including phenoxy) is 1. The number of amides is 1. The SMILES string of the molecule is Cc1nn(C)c(C)c1NC(=O)[C@H](C)OC(=O)c1cc([N+](=O)[O-])ccc1N. The van der Waals surface area contributed by atoms with Gasteiger partial charge in [0.2, 0.25) is 0 Å². The minimum atomic E-state index is -1.14. The Morgan fingerprint density at radius 2 is 2.04 bits per heavy atom. The molecule has 1 atom stereocenters. The summed E-state index contributed by atoms with van der Waals surface area (Å²) in [5.41, 5.74) is 7.13. The maximum Gasteiger partial charge on any atom is 0.341 e. The number of benzene rings is 1. The van der Waals surface area contributed by atoms with Gasteiger partial charge in [0.1, 0.15) is 0 Å². The highest BCUT2D eigenvalue weighted by molar-refractivity contribution is 6.00. The van der Waals surface area contributed by atoms with E-state index in [-0.39, 0.29) is 16.9 Å². The van der Waals surface area contributed by atoms with E-state index in [9.17, 15) is 19.7 Å². The number of nitrogens with two attached hydrogens (primary N) is 1. The van der Waals surface area contributed by atoms with E-state index in [1.54, 1.807) is 25.6 Å². The lowest BCUT2D eigenvalue weighted by molar-refractivity contribution is -0.384. The lowest BCUT2D eigenvalue weighted by Crippen LogP contribution is -2.30. The molecular formula is C16H19N5O5. The summed E-state index contributed by atoms with van der Waals surface area (Å²) < 4.78 is 6.71. The lowest BCUT2D eigenvalue weighted by Gasteiger charge is -2.14. The molecule has 3 N–H and O–H groups in total. The van der Waals surface area contributed by atoms with Gasteiger partial charge in [0.25, 0.3) is 11.6 Å². The van der Waals surface area contributed by atoms with Crippen molar-refractivity contribution in [3.05, 3.63) is 45.3 Å². The van der Waals surface area contributed by atoms with Crippen LogP contribution in [0.25, 0.3) is 0 Å². The van der Waals surface area contributed by atoms with Gasteiger partial charge in [0, 0.05) is 24.9 Å². The van der Waals surface area contributed by atoms with Gasteiger partial charge in [-0.2, -0.15) is 5.10 Å². The number of rotatable bonds is 5. The molecule has 10 heteroatoms. The number of non-ortho nitro benzene ring substituents is 1. The second-order valence-electron chi connectivity index (χ2n) is 5.73. The third-order valence-electron chi connectivity index (χ3n) is 3.88. The van der Waals surface area contributed by atoms with Gasteiger partial charge in [-0.3, -0.25) is 19.6 Å². The molecule has 0 aliphatic heterocycles. The highest BCUT2D eigenvalue weighted by Gasteiger charge is 2.24. The normalized spacial score (nSPS) is 11.7. The third kappa shape index (κ3) is 3.79. The van der Waals surface area contributed by atoms with Crippen LogP contribution in [-0.2, 0) is 16.6 Å². The number of nitrogen functional groups attached to an aromatic ring is 1. The van der Waals surface area contributed by atoms with Gasteiger partial charge in [-0.15, -0.1) is 0 Å². The Balaban J connectivity index is 2.12. The van der Waals surface area contributed by atoms with E-state index in [1.165, 1.54) is 19.1 Å².